The number of hydrogen-bond acceptors (Lipinski definition) is 6. The number of hydroxylamine groups is 2. The summed E-state index contributed by atoms with van der Waals surface area (Å²) in [7, 11) is -4.83. The predicted molar refractivity (Wildman–Crippen MR) is 82.3 cm³/mol. The number of carbonyl (C=O) groups excluding carboxylic acids is 2. The molecule has 0 aromatic rings. The number of carbonyl (C=O) groups is 2. The average molecular weight is 380 g/mol. The molecule has 0 aromatic carbocycles. The summed E-state index contributed by atoms with van der Waals surface area (Å²) in [6, 6.07) is -2.81. The molecule has 2 bridgehead atoms. The van der Waals surface area contributed by atoms with Crippen LogP contribution in [0.3, 0.4) is 0 Å². The molecular formula is C13H21FN4O6S. The van der Waals surface area contributed by atoms with Crippen LogP contribution >= 0.6 is 0 Å². The fourth-order valence-corrected chi connectivity index (χ4v) is 3.94. The van der Waals surface area contributed by atoms with Crippen LogP contribution in [-0.2, 0) is 19.5 Å². The van der Waals surface area contributed by atoms with Crippen LogP contribution in [0.4, 0.5) is 9.18 Å². The highest BCUT2D eigenvalue weighted by molar-refractivity contribution is 7.80. The number of hydrogen-bond donors (Lipinski definition) is 3. The first-order valence-corrected chi connectivity index (χ1v) is 9.55. The average Bonchev–Trinajstić information content (AvgIpc) is 2.68. The highest BCUT2D eigenvalue weighted by atomic mass is 32.3. The molecule has 142 valence electrons. The number of nitrogens with one attached hydrogen (secondary N) is 2. The summed E-state index contributed by atoms with van der Waals surface area (Å²) in [5, 5.41) is 6.20. The lowest BCUT2D eigenvalue weighted by Crippen LogP contribution is -2.54. The summed E-state index contributed by atoms with van der Waals surface area (Å²) < 4.78 is 48.9. The van der Waals surface area contributed by atoms with Gasteiger partial charge in [-0.15, -0.1) is 4.28 Å². The van der Waals surface area contributed by atoms with Gasteiger partial charge < -0.3 is 15.5 Å². The first-order chi connectivity index (χ1) is 11.8. The lowest BCUT2D eigenvalue weighted by Gasteiger charge is -2.31. The van der Waals surface area contributed by atoms with Crippen molar-refractivity contribution in [3.63, 3.8) is 0 Å². The zero-order valence-electron chi connectivity index (χ0n) is 13.4. The van der Waals surface area contributed by atoms with Gasteiger partial charge in [-0.2, -0.15) is 13.5 Å². The number of halogens is 1. The number of alkyl halides is 1. The van der Waals surface area contributed by atoms with E-state index in [0.717, 1.165) is 6.42 Å². The van der Waals surface area contributed by atoms with Gasteiger partial charge in [0.05, 0.1) is 12.1 Å². The molecule has 25 heavy (non-hydrogen) atoms. The highest BCUT2D eigenvalue weighted by Gasteiger charge is 2.49. The normalized spacial score (nSPS) is 33.3. The van der Waals surface area contributed by atoms with Crippen LogP contribution in [0.25, 0.3) is 0 Å². The lowest BCUT2D eigenvalue weighted by molar-refractivity contribution is -0.127. The number of nitrogens with zero attached hydrogens (tertiary/aromatic N) is 2. The molecule has 10 nitrogen and oxygen atoms in total. The third kappa shape index (κ3) is 4.02. The van der Waals surface area contributed by atoms with Gasteiger partial charge in [-0.05, 0) is 32.2 Å². The number of fused-ring (bicyclic) bond motifs is 2. The van der Waals surface area contributed by atoms with Gasteiger partial charge in [0.2, 0.25) is 5.91 Å². The van der Waals surface area contributed by atoms with E-state index in [9.17, 15) is 22.4 Å². The van der Waals surface area contributed by atoms with Crippen LogP contribution in [0.1, 0.15) is 25.7 Å². The third-order valence-corrected chi connectivity index (χ3v) is 5.12. The molecule has 4 atom stereocenters. The van der Waals surface area contributed by atoms with Crippen LogP contribution in [0.15, 0.2) is 0 Å². The number of amides is 3. The molecule has 3 fully saturated rings. The van der Waals surface area contributed by atoms with E-state index in [2.05, 4.69) is 14.9 Å². The molecule has 0 saturated carbocycles. The van der Waals surface area contributed by atoms with Crippen LogP contribution in [0.5, 0.6) is 0 Å². The summed E-state index contributed by atoms with van der Waals surface area (Å²) in [5.74, 6) is -0.463. The van der Waals surface area contributed by atoms with Gasteiger partial charge in [0, 0.05) is 13.1 Å². The van der Waals surface area contributed by atoms with Crippen molar-refractivity contribution < 1.29 is 31.2 Å². The van der Waals surface area contributed by atoms with Gasteiger partial charge in [0.1, 0.15) is 12.2 Å². The Bertz CT molecular complexity index is 646. The molecule has 0 aromatic heterocycles. The minimum atomic E-state index is -4.83. The Morgan fingerprint density at radius 1 is 1.36 bits per heavy atom. The second-order valence-electron chi connectivity index (χ2n) is 6.49. The van der Waals surface area contributed by atoms with E-state index in [1.165, 1.54) is 4.90 Å². The monoisotopic (exact) mass is 380 g/mol. The van der Waals surface area contributed by atoms with E-state index >= 15 is 0 Å². The summed E-state index contributed by atoms with van der Waals surface area (Å²) in [4.78, 5) is 26.0. The topological polar surface area (TPSA) is 128 Å². The Labute approximate surface area is 144 Å². The van der Waals surface area contributed by atoms with Crippen molar-refractivity contribution in [3.8, 4) is 0 Å². The van der Waals surface area contributed by atoms with E-state index in [-0.39, 0.29) is 13.1 Å². The first-order valence-electron chi connectivity index (χ1n) is 8.18. The second-order valence-corrected chi connectivity index (χ2v) is 7.49. The van der Waals surface area contributed by atoms with E-state index in [4.69, 9.17) is 4.55 Å². The largest absolute Gasteiger partial charge is 0.418 e. The van der Waals surface area contributed by atoms with Crippen molar-refractivity contribution >= 4 is 22.3 Å². The van der Waals surface area contributed by atoms with Gasteiger partial charge in [-0.1, -0.05) is 0 Å². The number of urea groups is 1. The van der Waals surface area contributed by atoms with Gasteiger partial charge in [-0.25, -0.2) is 9.18 Å². The maximum Gasteiger partial charge on any atom is 0.418 e. The molecule has 3 amide bonds. The molecule has 3 rings (SSSR count). The Hall–Kier alpha value is -1.50. The molecule has 0 spiro atoms. The SMILES string of the molecule is O=C(N[C@@H]1CCCNC[C@@H]1F)C1CCC2CN1C(=O)N2OS(=O)(=O)O. The van der Waals surface area contributed by atoms with Crippen molar-refractivity contribution in [1.82, 2.24) is 20.6 Å². The summed E-state index contributed by atoms with van der Waals surface area (Å²) in [6.07, 6.45) is 0.658. The second kappa shape index (κ2) is 7.02. The minimum Gasteiger partial charge on any atom is -0.349 e. The van der Waals surface area contributed by atoms with Crippen molar-refractivity contribution in [1.29, 1.82) is 0 Å². The molecular weight excluding hydrogens is 359 g/mol. The predicted octanol–water partition coefficient (Wildman–Crippen LogP) is -0.804. The quantitative estimate of drug-likeness (QED) is 0.545. The van der Waals surface area contributed by atoms with Gasteiger partial charge in [0.15, 0.2) is 0 Å². The Morgan fingerprint density at radius 3 is 2.84 bits per heavy atom. The Balaban J connectivity index is 1.66. The number of piperidine rings is 1. The summed E-state index contributed by atoms with van der Waals surface area (Å²) in [6.45, 7) is 0.957. The molecule has 3 heterocycles. The molecule has 0 radical (unpaired) electrons. The molecule has 3 aliphatic heterocycles. The zero-order valence-corrected chi connectivity index (χ0v) is 14.2. The molecule has 0 aliphatic carbocycles. The van der Waals surface area contributed by atoms with Crippen LogP contribution in [0, 0.1) is 0 Å². The smallest absolute Gasteiger partial charge is 0.349 e. The van der Waals surface area contributed by atoms with E-state index in [1.54, 1.807) is 0 Å². The van der Waals surface area contributed by atoms with Crippen molar-refractivity contribution in [2.45, 2.75) is 50.0 Å². The minimum absolute atomic E-state index is 0.109. The first kappa shape index (κ1) is 18.3. The van der Waals surface area contributed by atoms with Crippen molar-refractivity contribution in [3.05, 3.63) is 0 Å². The van der Waals surface area contributed by atoms with Crippen molar-refractivity contribution in [2.75, 3.05) is 19.6 Å². The summed E-state index contributed by atoms with van der Waals surface area (Å²) >= 11 is 0. The van der Waals surface area contributed by atoms with E-state index in [1.807, 2.05) is 0 Å². The van der Waals surface area contributed by atoms with Crippen LogP contribution in [0.2, 0.25) is 0 Å². The fourth-order valence-electron chi connectivity index (χ4n) is 3.56. The standard InChI is InChI=1S/C13H21FN4O6S/c14-9-6-15-5-1-2-10(9)16-12(19)11-4-3-8-7-17(11)13(20)18(8)24-25(21,22)23/h8-11,15H,1-7H2,(H,16,19)(H,21,22,23)/t8?,9-,10+,11?/m0/s1. The maximum absolute atomic E-state index is 14.1. The fraction of sp³-hybridized carbons (Fsp3) is 0.846. The van der Waals surface area contributed by atoms with E-state index < -0.39 is 46.6 Å². The Morgan fingerprint density at radius 2 is 2.12 bits per heavy atom. The van der Waals surface area contributed by atoms with Crippen LogP contribution < -0.4 is 10.6 Å². The molecule has 3 saturated heterocycles. The highest BCUT2D eigenvalue weighted by Crippen LogP contribution is 2.31. The number of rotatable bonds is 4. The van der Waals surface area contributed by atoms with Gasteiger partial charge in [-0.3, -0.25) is 9.35 Å². The molecule has 3 N–H and O–H groups in total. The maximum atomic E-state index is 14.1. The molecule has 2 unspecified atom stereocenters. The van der Waals surface area contributed by atoms with E-state index in [0.29, 0.717) is 30.9 Å². The third-order valence-electron chi connectivity index (χ3n) is 4.77. The van der Waals surface area contributed by atoms with Gasteiger partial charge in [0.25, 0.3) is 0 Å². The Kier molecular flexibility index (Phi) is 5.14. The molecule has 3 aliphatic rings. The van der Waals surface area contributed by atoms with Crippen molar-refractivity contribution in [2.24, 2.45) is 0 Å². The lowest BCUT2D eigenvalue weighted by atomic mass is 9.99. The molecule has 12 heteroatoms. The van der Waals surface area contributed by atoms with Gasteiger partial charge >= 0.3 is 16.4 Å². The summed E-state index contributed by atoms with van der Waals surface area (Å²) in [5.41, 5.74) is 0. The van der Waals surface area contributed by atoms with Crippen LogP contribution in [-0.4, -0.2) is 78.8 Å². The zero-order chi connectivity index (χ0) is 18.2.